The lowest BCUT2D eigenvalue weighted by Gasteiger charge is -2.32. The molecule has 3 N–H and O–H groups in total. The van der Waals surface area contributed by atoms with Crippen LogP contribution in [0.15, 0.2) is 85.4 Å². The summed E-state index contributed by atoms with van der Waals surface area (Å²) in [5.74, 6) is -1.14. The number of aliphatic imine (C=N–C) groups is 1. The van der Waals surface area contributed by atoms with Crippen molar-refractivity contribution in [2.24, 2.45) is 16.0 Å². The Bertz CT molecular complexity index is 1570. The third-order valence-corrected chi connectivity index (χ3v) is 10.3. The molecule has 0 fully saturated rings. The molecule has 6 rings (SSSR count). The van der Waals surface area contributed by atoms with E-state index in [1.165, 1.54) is 27.8 Å². The molecule has 5 aliphatic rings. The number of fused-ring (bicyclic) bond motifs is 1. The van der Waals surface area contributed by atoms with Gasteiger partial charge in [0, 0.05) is 71.7 Å². The molecule has 1 aromatic rings. The van der Waals surface area contributed by atoms with Gasteiger partial charge in [-0.25, -0.2) is 8.78 Å². The maximum Gasteiger partial charge on any atom is 0.249 e. The summed E-state index contributed by atoms with van der Waals surface area (Å²) >= 11 is 1.84. The van der Waals surface area contributed by atoms with Crippen molar-refractivity contribution in [1.82, 2.24) is 15.6 Å². The summed E-state index contributed by atoms with van der Waals surface area (Å²) in [6.07, 6.45) is 12.8. The van der Waals surface area contributed by atoms with Crippen LogP contribution in [0.4, 0.5) is 14.5 Å². The van der Waals surface area contributed by atoms with Crippen LogP contribution >= 0.6 is 11.8 Å². The highest BCUT2D eigenvalue weighted by Gasteiger charge is 2.34. The van der Waals surface area contributed by atoms with Gasteiger partial charge in [0.05, 0.1) is 17.6 Å². The Hall–Kier alpha value is -3.79. The van der Waals surface area contributed by atoms with Crippen molar-refractivity contribution in [2.75, 3.05) is 13.1 Å². The van der Waals surface area contributed by atoms with E-state index in [1.807, 2.05) is 29.2 Å². The summed E-state index contributed by atoms with van der Waals surface area (Å²) in [5, 5.41) is 21.0. The molecule has 1 amide bonds. The average molecular weight is 617 g/mol. The maximum atomic E-state index is 13.8. The lowest BCUT2D eigenvalue weighted by Crippen LogP contribution is -2.42. The van der Waals surface area contributed by atoms with Crippen LogP contribution < -0.4 is 10.6 Å². The van der Waals surface area contributed by atoms with Crippen LogP contribution in [0, 0.1) is 11.3 Å². The number of amides is 1. The Morgan fingerprint density at radius 1 is 1.27 bits per heavy atom. The van der Waals surface area contributed by atoms with Crippen molar-refractivity contribution >= 4 is 42.0 Å². The smallest absolute Gasteiger partial charge is 0.249 e. The summed E-state index contributed by atoms with van der Waals surface area (Å²) in [5.41, 5.74) is 8.01. The number of alkyl halides is 1. The van der Waals surface area contributed by atoms with Crippen LogP contribution in [-0.2, 0) is 11.2 Å². The molecular weight excluding hydrogens is 578 g/mol. The van der Waals surface area contributed by atoms with E-state index in [-0.39, 0.29) is 18.2 Å². The second kappa shape index (κ2) is 13.1. The summed E-state index contributed by atoms with van der Waals surface area (Å²) in [6.45, 7) is 5.45. The van der Waals surface area contributed by atoms with E-state index in [0.717, 1.165) is 55.4 Å². The third-order valence-electron chi connectivity index (χ3n) is 8.95. The molecule has 3 aliphatic heterocycles. The van der Waals surface area contributed by atoms with Crippen LogP contribution in [0.5, 0.6) is 0 Å². The average Bonchev–Trinajstić information content (AvgIpc) is 3.70. The zero-order valence-corrected chi connectivity index (χ0v) is 25.9. The largest absolute Gasteiger partial charge is 0.383 e. The van der Waals surface area contributed by atoms with E-state index in [2.05, 4.69) is 46.9 Å². The van der Waals surface area contributed by atoms with Gasteiger partial charge < -0.3 is 16.0 Å². The Kier molecular flexibility index (Phi) is 8.98. The SMILES string of the molecule is C/C1=C(N2CCC=N2)/C=N\c2ccc([C@@H]3CC=C(CNC4=C(C(=O)NC(C)C5=CC=C(F)[C@H](F)C5)CC4C=N)S3)cc2CC1. The number of carbonyl (C=O) groups is 1. The molecule has 4 atom stereocenters. The maximum absolute atomic E-state index is 13.8. The minimum Gasteiger partial charge on any atom is -0.383 e. The van der Waals surface area contributed by atoms with Gasteiger partial charge >= 0.3 is 0 Å². The molecular formula is C34H38F2N6OS. The molecule has 0 radical (unpaired) electrons. The molecule has 0 saturated carbocycles. The van der Waals surface area contributed by atoms with Crippen molar-refractivity contribution in [2.45, 2.75) is 69.8 Å². The van der Waals surface area contributed by atoms with Gasteiger partial charge in [-0.2, -0.15) is 5.10 Å². The highest BCUT2D eigenvalue weighted by molar-refractivity contribution is 8.03. The van der Waals surface area contributed by atoms with Gasteiger partial charge in [-0.3, -0.25) is 14.8 Å². The van der Waals surface area contributed by atoms with Crippen LogP contribution in [-0.4, -0.2) is 54.9 Å². The Labute approximate surface area is 261 Å². The molecule has 2 aliphatic carbocycles. The van der Waals surface area contributed by atoms with Gasteiger partial charge in [0.25, 0.3) is 0 Å². The van der Waals surface area contributed by atoms with Gasteiger partial charge in [0.15, 0.2) is 6.17 Å². The van der Waals surface area contributed by atoms with E-state index in [1.54, 1.807) is 13.0 Å². The highest BCUT2D eigenvalue weighted by atomic mass is 32.2. The van der Waals surface area contributed by atoms with Gasteiger partial charge in [-0.1, -0.05) is 24.3 Å². The number of nitrogens with one attached hydrogen (secondary N) is 3. The van der Waals surface area contributed by atoms with E-state index in [4.69, 9.17) is 10.4 Å². The molecule has 0 bridgehead atoms. The Morgan fingerprint density at radius 3 is 2.91 bits per heavy atom. The summed E-state index contributed by atoms with van der Waals surface area (Å²) in [4.78, 5) is 19.1. The van der Waals surface area contributed by atoms with E-state index in [9.17, 15) is 13.6 Å². The number of hydrazone groups is 1. The third kappa shape index (κ3) is 6.36. The molecule has 1 aromatic carbocycles. The molecule has 3 heterocycles. The zero-order valence-electron chi connectivity index (χ0n) is 25.1. The quantitative estimate of drug-likeness (QED) is 0.263. The topological polar surface area (TPSA) is 92.9 Å². The number of benzene rings is 1. The molecule has 10 heteroatoms. The molecule has 7 nitrogen and oxygen atoms in total. The van der Waals surface area contributed by atoms with Crippen LogP contribution in [0.1, 0.15) is 62.3 Å². The second-order valence-corrected chi connectivity index (χ2v) is 13.2. The number of rotatable bonds is 9. The standard InChI is InChI=1S/C34H38F2N6OS/c1-20-4-5-23-14-24(7-10-30(23)38-19-31(20)42-13-3-12-40-42)32-11-8-26(44-32)18-39-33-25(17-37)15-27(33)34(43)41-21(2)22-6-9-28(35)29(36)16-22/h6-10,12,14,17,19,21,25,29,32,37,39H,3-5,11,13,15-16,18H2,1-2H3,(H,41,43)/b31-20+,37-17?,38-19-/t21?,25?,29-,32+/m1/s1. The fourth-order valence-electron chi connectivity index (χ4n) is 6.19. The highest BCUT2D eigenvalue weighted by Crippen LogP contribution is 2.45. The minimum absolute atomic E-state index is 0.0626. The van der Waals surface area contributed by atoms with Crippen molar-refractivity contribution in [3.63, 3.8) is 0 Å². The van der Waals surface area contributed by atoms with E-state index < -0.39 is 18.0 Å². The molecule has 0 spiro atoms. The summed E-state index contributed by atoms with van der Waals surface area (Å²) < 4.78 is 27.2. The van der Waals surface area contributed by atoms with E-state index >= 15 is 0 Å². The lowest BCUT2D eigenvalue weighted by molar-refractivity contribution is -0.118. The number of aryl methyl sites for hydroxylation is 1. The van der Waals surface area contributed by atoms with Crippen molar-refractivity contribution in [3.8, 4) is 0 Å². The number of hydrogen-bond donors (Lipinski definition) is 3. The second-order valence-electron chi connectivity index (χ2n) is 11.9. The first-order valence-electron chi connectivity index (χ1n) is 15.3. The van der Waals surface area contributed by atoms with Gasteiger partial charge in [0.1, 0.15) is 5.83 Å². The van der Waals surface area contributed by atoms with Crippen LogP contribution in [0.3, 0.4) is 0 Å². The van der Waals surface area contributed by atoms with Crippen LogP contribution in [0.2, 0.25) is 0 Å². The Balaban J connectivity index is 1.06. The molecule has 0 aromatic heterocycles. The number of allylic oxidation sites excluding steroid dienone is 7. The molecule has 230 valence electrons. The Morgan fingerprint density at radius 2 is 2.14 bits per heavy atom. The first kappa shape index (κ1) is 30.2. The molecule has 44 heavy (non-hydrogen) atoms. The normalized spacial score (nSPS) is 27.8. The molecule has 2 unspecified atom stereocenters. The minimum atomic E-state index is -1.66. The fourth-order valence-corrected chi connectivity index (χ4v) is 7.37. The first-order chi connectivity index (χ1) is 21.3. The predicted octanol–water partition coefficient (Wildman–Crippen LogP) is 6.90. The van der Waals surface area contributed by atoms with Gasteiger partial charge in [0.2, 0.25) is 5.91 Å². The zero-order chi connectivity index (χ0) is 30.8. The number of hydrogen-bond acceptors (Lipinski definition) is 7. The first-order valence-corrected chi connectivity index (χ1v) is 16.2. The van der Waals surface area contributed by atoms with Gasteiger partial charge in [-0.15, -0.1) is 11.8 Å². The number of thioether (sulfide) groups is 1. The predicted molar refractivity (Wildman–Crippen MR) is 175 cm³/mol. The van der Waals surface area contributed by atoms with Gasteiger partial charge in [-0.05, 0) is 73.9 Å². The van der Waals surface area contributed by atoms with Crippen molar-refractivity contribution < 1.29 is 13.6 Å². The molecule has 0 saturated heterocycles. The summed E-state index contributed by atoms with van der Waals surface area (Å²) in [6, 6.07) is 6.21. The van der Waals surface area contributed by atoms with Crippen molar-refractivity contribution in [1.29, 1.82) is 5.41 Å². The number of nitrogens with zero attached hydrogens (tertiary/aromatic N) is 3. The van der Waals surface area contributed by atoms with Crippen LogP contribution in [0.25, 0.3) is 0 Å². The summed E-state index contributed by atoms with van der Waals surface area (Å²) in [7, 11) is 0. The number of carbonyl (C=O) groups excluding carboxylic acids is 1. The fraction of sp³-hybridized carbons (Fsp3) is 0.412. The lowest BCUT2D eigenvalue weighted by atomic mass is 9.82. The van der Waals surface area contributed by atoms with Crippen molar-refractivity contribution in [3.05, 3.63) is 86.4 Å². The number of halogens is 2. The monoisotopic (exact) mass is 616 g/mol. The van der Waals surface area contributed by atoms with E-state index in [0.29, 0.717) is 29.4 Å².